The van der Waals surface area contributed by atoms with Gasteiger partial charge >= 0.3 is 5.97 Å². The van der Waals surface area contributed by atoms with E-state index in [1.54, 1.807) is 6.92 Å². The first kappa shape index (κ1) is 12.7. The third-order valence-corrected chi connectivity index (χ3v) is 3.40. The normalized spacial score (nSPS) is 12.2. The van der Waals surface area contributed by atoms with Crippen LogP contribution in [-0.4, -0.2) is 23.0 Å². The monoisotopic (exact) mass is 241 g/mol. The molecule has 0 saturated carbocycles. The molecule has 5 heteroatoms. The largest absolute Gasteiger partial charge is 0.481 e. The molecule has 0 spiro atoms. The quantitative estimate of drug-likeness (QED) is 0.846. The first-order chi connectivity index (χ1) is 7.40. The molecule has 0 bridgehead atoms. The molecule has 2 N–H and O–H groups in total. The van der Waals surface area contributed by atoms with Gasteiger partial charge in [0, 0.05) is 10.9 Å². The van der Waals surface area contributed by atoms with Gasteiger partial charge in [-0.3, -0.25) is 9.59 Å². The van der Waals surface area contributed by atoms with Crippen LogP contribution in [-0.2, 0) is 4.79 Å². The molecule has 1 aromatic rings. The fourth-order valence-electron chi connectivity index (χ4n) is 1.29. The number of hydrogen-bond acceptors (Lipinski definition) is 3. The lowest BCUT2D eigenvalue weighted by Gasteiger charge is -2.09. The van der Waals surface area contributed by atoms with Gasteiger partial charge in [0.05, 0.1) is 11.3 Å². The molecule has 0 radical (unpaired) electrons. The lowest BCUT2D eigenvalue weighted by molar-refractivity contribution is -0.137. The third-order valence-electron chi connectivity index (χ3n) is 2.25. The van der Waals surface area contributed by atoms with Crippen molar-refractivity contribution in [2.75, 3.05) is 0 Å². The van der Waals surface area contributed by atoms with Gasteiger partial charge in [0.25, 0.3) is 5.91 Å². The zero-order valence-corrected chi connectivity index (χ0v) is 10.4. The minimum Gasteiger partial charge on any atom is -0.481 e. The molecule has 0 aliphatic rings. The van der Waals surface area contributed by atoms with Crippen molar-refractivity contribution in [1.82, 2.24) is 5.32 Å². The zero-order chi connectivity index (χ0) is 12.3. The van der Waals surface area contributed by atoms with Crippen molar-refractivity contribution >= 4 is 23.2 Å². The standard InChI is InChI=1S/C11H15NO3S/c1-6-4-9(16-8(6)3)11(15)12-7(2)5-10(13)14/h4,7H,5H2,1-3H3,(H,12,15)(H,13,14). The molecule has 1 heterocycles. The third kappa shape index (κ3) is 3.34. The van der Waals surface area contributed by atoms with E-state index in [1.165, 1.54) is 11.3 Å². The van der Waals surface area contributed by atoms with Crippen LogP contribution in [0.3, 0.4) is 0 Å². The van der Waals surface area contributed by atoms with E-state index < -0.39 is 5.97 Å². The Hall–Kier alpha value is -1.36. The molecule has 1 amide bonds. The number of aryl methyl sites for hydroxylation is 2. The summed E-state index contributed by atoms with van der Waals surface area (Å²) in [7, 11) is 0. The predicted octanol–water partition coefficient (Wildman–Crippen LogP) is 1.96. The minimum atomic E-state index is -0.911. The highest BCUT2D eigenvalue weighted by Crippen LogP contribution is 2.20. The number of carboxylic acid groups (broad SMARTS) is 1. The van der Waals surface area contributed by atoms with E-state index in [9.17, 15) is 9.59 Å². The smallest absolute Gasteiger partial charge is 0.305 e. The van der Waals surface area contributed by atoms with E-state index >= 15 is 0 Å². The first-order valence-corrected chi connectivity index (χ1v) is 5.81. The van der Waals surface area contributed by atoms with Gasteiger partial charge in [0.1, 0.15) is 0 Å². The van der Waals surface area contributed by atoms with Crippen molar-refractivity contribution < 1.29 is 14.7 Å². The van der Waals surface area contributed by atoms with Crippen molar-refractivity contribution in [2.45, 2.75) is 33.2 Å². The molecule has 4 nitrogen and oxygen atoms in total. The lowest BCUT2D eigenvalue weighted by atomic mass is 10.2. The Morgan fingerprint density at radius 2 is 2.12 bits per heavy atom. The lowest BCUT2D eigenvalue weighted by Crippen LogP contribution is -2.33. The van der Waals surface area contributed by atoms with Crippen molar-refractivity contribution in [3.8, 4) is 0 Å². The number of carbonyl (C=O) groups is 2. The number of carbonyl (C=O) groups excluding carboxylic acids is 1. The summed E-state index contributed by atoms with van der Waals surface area (Å²) in [5.41, 5.74) is 1.08. The van der Waals surface area contributed by atoms with E-state index in [0.717, 1.165) is 10.4 Å². The van der Waals surface area contributed by atoms with Gasteiger partial charge in [-0.05, 0) is 32.4 Å². The van der Waals surface area contributed by atoms with E-state index in [4.69, 9.17) is 5.11 Å². The topological polar surface area (TPSA) is 66.4 Å². The van der Waals surface area contributed by atoms with Crippen LogP contribution >= 0.6 is 11.3 Å². The summed E-state index contributed by atoms with van der Waals surface area (Å²) < 4.78 is 0. The number of rotatable bonds is 4. The van der Waals surface area contributed by atoms with Crippen LogP contribution in [0, 0.1) is 13.8 Å². The molecule has 16 heavy (non-hydrogen) atoms. The van der Waals surface area contributed by atoms with Crippen LogP contribution < -0.4 is 5.32 Å². The SMILES string of the molecule is Cc1cc(C(=O)NC(C)CC(=O)O)sc1C. The summed E-state index contributed by atoms with van der Waals surface area (Å²) in [5, 5.41) is 11.2. The van der Waals surface area contributed by atoms with Crippen molar-refractivity contribution in [3.63, 3.8) is 0 Å². The van der Waals surface area contributed by atoms with E-state index in [1.807, 2.05) is 19.9 Å². The molecule has 88 valence electrons. The van der Waals surface area contributed by atoms with Crippen LogP contribution in [0.1, 0.15) is 33.5 Å². The van der Waals surface area contributed by atoms with Gasteiger partial charge in [-0.15, -0.1) is 11.3 Å². The van der Waals surface area contributed by atoms with Crippen molar-refractivity contribution in [3.05, 3.63) is 21.4 Å². The summed E-state index contributed by atoms with van der Waals surface area (Å²) in [5.74, 6) is -1.11. The highest BCUT2D eigenvalue weighted by Gasteiger charge is 2.14. The fourth-order valence-corrected chi connectivity index (χ4v) is 2.23. The van der Waals surface area contributed by atoms with E-state index in [-0.39, 0.29) is 18.4 Å². The zero-order valence-electron chi connectivity index (χ0n) is 9.53. The molecular weight excluding hydrogens is 226 g/mol. The van der Waals surface area contributed by atoms with Crippen LogP contribution in [0.15, 0.2) is 6.07 Å². The molecule has 1 aromatic heterocycles. The Bertz CT molecular complexity index is 392. The summed E-state index contributed by atoms with van der Waals surface area (Å²) in [6, 6.07) is 1.47. The molecule has 0 saturated heterocycles. The molecule has 0 aromatic carbocycles. The molecule has 1 rings (SSSR count). The second-order valence-corrected chi connectivity index (χ2v) is 5.08. The number of amides is 1. The predicted molar refractivity (Wildman–Crippen MR) is 63.0 cm³/mol. The molecule has 0 aliphatic heterocycles. The summed E-state index contributed by atoms with van der Waals surface area (Å²) in [6.45, 7) is 5.58. The fraction of sp³-hybridized carbons (Fsp3) is 0.455. The second kappa shape index (κ2) is 5.12. The number of thiophene rings is 1. The second-order valence-electron chi connectivity index (χ2n) is 3.82. The Morgan fingerprint density at radius 1 is 1.50 bits per heavy atom. The first-order valence-electron chi connectivity index (χ1n) is 5.00. The Morgan fingerprint density at radius 3 is 2.56 bits per heavy atom. The van der Waals surface area contributed by atoms with Gasteiger partial charge in [-0.25, -0.2) is 0 Å². The van der Waals surface area contributed by atoms with E-state index in [2.05, 4.69) is 5.32 Å². The van der Waals surface area contributed by atoms with Gasteiger partial charge in [0.15, 0.2) is 0 Å². The maximum atomic E-state index is 11.7. The van der Waals surface area contributed by atoms with Gasteiger partial charge in [-0.1, -0.05) is 0 Å². The maximum Gasteiger partial charge on any atom is 0.305 e. The maximum absolute atomic E-state index is 11.7. The minimum absolute atomic E-state index is 0.0604. The summed E-state index contributed by atoms with van der Waals surface area (Å²) in [4.78, 5) is 23.9. The van der Waals surface area contributed by atoms with Crippen LogP contribution in [0.4, 0.5) is 0 Å². The molecular formula is C11H15NO3S. The van der Waals surface area contributed by atoms with Crippen LogP contribution in [0.5, 0.6) is 0 Å². The van der Waals surface area contributed by atoms with Gasteiger partial charge in [0.2, 0.25) is 0 Å². The van der Waals surface area contributed by atoms with Gasteiger partial charge < -0.3 is 10.4 Å². The highest BCUT2D eigenvalue weighted by atomic mass is 32.1. The van der Waals surface area contributed by atoms with Crippen molar-refractivity contribution in [1.29, 1.82) is 0 Å². The number of carboxylic acids is 1. The molecule has 0 fully saturated rings. The number of nitrogens with one attached hydrogen (secondary N) is 1. The Kier molecular flexibility index (Phi) is 4.06. The summed E-state index contributed by atoms with van der Waals surface area (Å²) in [6.07, 6.45) is -0.0604. The highest BCUT2D eigenvalue weighted by molar-refractivity contribution is 7.14. The average Bonchev–Trinajstić information content (AvgIpc) is 2.45. The average molecular weight is 241 g/mol. The molecule has 0 aliphatic carbocycles. The van der Waals surface area contributed by atoms with Gasteiger partial charge in [-0.2, -0.15) is 0 Å². The molecule has 1 unspecified atom stereocenters. The number of aliphatic carboxylic acids is 1. The van der Waals surface area contributed by atoms with E-state index in [0.29, 0.717) is 4.88 Å². The molecule has 1 atom stereocenters. The Labute approximate surface area is 98.3 Å². The summed E-state index contributed by atoms with van der Waals surface area (Å²) >= 11 is 1.42. The van der Waals surface area contributed by atoms with Crippen LogP contribution in [0.2, 0.25) is 0 Å². The van der Waals surface area contributed by atoms with Crippen LogP contribution in [0.25, 0.3) is 0 Å². The Balaban J connectivity index is 2.62. The number of hydrogen-bond donors (Lipinski definition) is 2. The van der Waals surface area contributed by atoms with Crippen molar-refractivity contribution in [2.24, 2.45) is 0 Å².